The molecule has 0 bridgehead atoms. The van der Waals surface area contributed by atoms with Gasteiger partial charge in [0.05, 0.1) is 11.2 Å². The van der Waals surface area contributed by atoms with E-state index >= 15 is 0 Å². The van der Waals surface area contributed by atoms with Crippen LogP contribution in [0.15, 0.2) is 36.7 Å². The molecule has 0 fully saturated rings. The molecular weight excluding hydrogens is 283 g/mol. The van der Waals surface area contributed by atoms with Gasteiger partial charge in [-0.05, 0) is 24.7 Å². The maximum Gasteiger partial charge on any atom is 0.147 e. The van der Waals surface area contributed by atoms with E-state index in [0.29, 0.717) is 22.3 Å². The number of rotatable bonds is 5. The molecule has 0 aliphatic rings. The van der Waals surface area contributed by atoms with Crippen molar-refractivity contribution in [2.24, 2.45) is 0 Å². The van der Waals surface area contributed by atoms with Gasteiger partial charge in [0.15, 0.2) is 0 Å². The Kier molecular flexibility index (Phi) is 5.02. The molecule has 0 aliphatic heterocycles. The van der Waals surface area contributed by atoms with Gasteiger partial charge in [-0.25, -0.2) is 0 Å². The average Bonchev–Trinajstić information content (AvgIpc) is 2.39. The molecule has 0 amide bonds. The van der Waals surface area contributed by atoms with Gasteiger partial charge in [0.2, 0.25) is 0 Å². The molecule has 2 aromatic rings. The lowest BCUT2D eigenvalue weighted by Gasteiger charge is -2.12. The maximum absolute atomic E-state index is 6.01. The monoisotopic (exact) mass is 296 g/mol. The van der Waals surface area contributed by atoms with Crippen molar-refractivity contribution in [3.05, 3.63) is 52.3 Å². The van der Waals surface area contributed by atoms with Gasteiger partial charge < -0.3 is 10.1 Å². The third-order valence-corrected chi connectivity index (χ3v) is 2.94. The normalized spacial score (nSPS) is 10.5. The van der Waals surface area contributed by atoms with Crippen LogP contribution in [0.5, 0.6) is 11.5 Å². The van der Waals surface area contributed by atoms with E-state index in [-0.39, 0.29) is 0 Å². The highest BCUT2D eigenvalue weighted by Gasteiger charge is 2.06. The van der Waals surface area contributed by atoms with E-state index in [2.05, 4.69) is 10.3 Å². The van der Waals surface area contributed by atoms with Crippen LogP contribution < -0.4 is 10.1 Å². The second-order valence-electron chi connectivity index (χ2n) is 3.97. The van der Waals surface area contributed by atoms with Crippen molar-refractivity contribution in [3.8, 4) is 11.5 Å². The number of halogens is 2. The van der Waals surface area contributed by atoms with E-state index < -0.39 is 0 Å². The summed E-state index contributed by atoms with van der Waals surface area (Å²) in [6.45, 7) is 3.62. The molecule has 0 spiro atoms. The molecule has 3 nitrogen and oxygen atoms in total. The topological polar surface area (TPSA) is 34.1 Å². The van der Waals surface area contributed by atoms with Crippen molar-refractivity contribution < 1.29 is 4.74 Å². The lowest BCUT2D eigenvalue weighted by atomic mass is 10.2. The second-order valence-corrected chi connectivity index (χ2v) is 4.85. The van der Waals surface area contributed by atoms with Gasteiger partial charge in [-0.3, -0.25) is 4.98 Å². The van der Waals surface area contributed by atoms with Crippen LogP contribution in [0.2, 0.25) is 10.0 Å². The highest BCUT2D eigenvalue weighted by atomic mass is 35.5. The largest absolute Gasteiger partial charge is 0.455 e. The fraction of sp³-hybridized carbons (Fsp3) is 0.214. The van der Waals surface area contributed by atoms with Crippen LogP contribution in [0.4, 0.5) is 0 Å². The standard InChI is InChI=1S/C14H14Cl2N2O/c1-2-17-7-10-5-11(15)3-4-14(10)19-13-6-12(16)8-18-9-13/h3-6,8-9,17H,2,7H2,1H3. The highest BCUT2D eigenvalue weighted by Crippen LogP contribution is 2.28. The van der Waals surface area contributed by atoms with Crippen molar-refractivity contribution in [1.29, 1.82) is 0 Å². The van der Waals surface area contributed by atoms with E-state index in [9.17, 15) is 0 Å². The molecule has 1 N–H and O–H groups in total. The Balaban J connectivity index is 2.23. The summed E-state index contributed by atoms with van der Waals surface area (Å²) in [5.74, 6) is 1.35. The van der Waals surface area contributed by atoms with E-state index in [0.717, 1.165) is 17.9 Å². The van der Waals surface area contributed by atoms with Crippen molar-refractivity contribution >= 4 is 23.2 Å². The molecule has 2 rings (SSSR count). The summed E-state index contributed by atoms with van der Waals surface area (Å²) in [6, 6.07) is 7.25. The minimum atomic E-state index is 0.541. The lowest BCUT2D eigenvalue weighted by molar-refractivity contribution is 0.471. The van der Waals surface area contributed by atoms with Crippen LogP contribution >= 0.6 is 23.2 Å². The third kappa shape index (κ3) is 4.10. The molecule has 0 atom stereocenters. The van der Waals surface area contributed by atoms with Gasteiger partial charge in [-0.15, -0.1) is 0 Å². The zero-order chi connectivity index (χ0) is 13.7. The zero-order valence-electron chi connectivity index (χ0n) is 10.5. The van der Waals surface area contributed by atoms with Crippen molar-refractivity contribution in [2.75, 3.05) is 6.54 Å². The lowest BCUT2D eigenvalue weighted by Crippen LogP contribution is -2.12. The Morgan fingerprint density at radius 2 is 2.00 bits per heavy atom. The first-order valence-electron chi connectivity index (χ1n) is 5.96. The van der Waals surface area contributed by atoms with Crippen LogP contribution in [-0.4, -0.2) is 11.5 Å². The van der Waals surface area contributed by atoms with Crippen LogP contribution in [0.1, 0.15) is 12.5 Å². The minimum absolute atomic E-state index is 0.541. The molecular formula is C14H14Cl2N2O. The van der Waals surface area contributed by atoms with E-state index in [1.54, 1.807) is 24.5 Å². The van der Waals surface area contributed by atoms with Gasteiger partial charge >= 0.3 is 0 Å². The summed E-state index contributed by atoms with van der Waals surface area (Å²) in [7, 11) is 0. The van der Waals surface area contributed by atoms with Gasteiger partial charge in [0.25, 0.3) is 0 Å². The van der Waals surface area contributed by atoms with Gasteiger partial charge in [-0.2, -0.15) is 0 Å². The number of aromatic nitrogens is 1. The number of nitrogens with zero attached hydrogens (tertiary/aromatic N) is 1. The summed E-state index contributed by atoms with van der Waals surface area (Å²) >= 11 is 11.9. The first-order valence-corrected chi connectivity index (χ1v) is 6.72. The van der Waals surface area contributed by atoms with E-state index in [4.69, 9.17) is 27.9 Å². The number of benzene rings is 1. The Hall–Kier alpha value is -1.29. The number of hydrogen-bond acceptors (Lipinski definition) is 3. The maximum atomic E-state index is 6.01. The number of pyridine rings is 1. The zero-order valence-corrected chi connectivity index (χ0v) is 12.0. The predicted molar refractivity (Wildman–Crippen MR) is 78.2 cm³/mol. The van der Waals surface area contributed by atoms with Gasteiger partial charge in [0.1, 0.15) is 11.5 Å². The van der Waals surface area contributed by atoms with Crippen LogP contribution in [0.25, 0.3) is 0 Å². The fourth-order valence-electron chi connectivity index (χ4n) is 1.62. The van der Waals surface area contributed by atoms with Crippen LogP contribution in [0, 0.1) is 0 Å². The van der Waals surface area contributed by atoms with Crippen molar-refractivity contribution in [3.63, 3.8) is 0 Å². The average molecular weight is 297 g/mol. The van der Waals surface area contributed by atoms with E-state index in [1.165, 1.54) is 0 Å². The molecule has 5 heteroatoms. The highest BCUT2D eigenvalue weighted by molar-refractivity contribution is 6.30. The smallest absolute Gasteiger partial charge is 0.147 e. The molecule has 0 aliphatic carbocycles. The van der Waals surface area contributed by atoms with Crippen LogP contribution in [0.3, 0.4) is 0 Å². The number of nitrogens with one attached hydrogen (secondary N) is 1. The molecule has 19 heavy (non-hydrogen) atoms. The third-order valence-electron chi connectivity index (χ3n) is 2.50. The van der Waals surface area contributed by atoms with Crippen molar-refractivity contribution in [1.82, 2.24) is 10.3 Å². The Morgan fingerprint density at radius 1 is 1.16 bits per heavy atom. The predicted octanol–water partition coefficient (Wildman–Crippen LogP) is 4.29. The molecule has 0 radical (unpaired) electrons. The summed E-state index contributed by atoms with van der Waals surface area (Å²) in [5.41, 5.74) is 0.995. The quantitative estimate of drug-likeness (QED) is 0.894. The first-order chi connectivity index (χ1) is 9.19. The Morgan fingerprint density at radius 3 is 2.74 bits per heavy atom. The van der Waals surface area contributed by atoms with Gasteiger partial charge in [-0.1, -0.05) is 30.1 Å². The molecule has 0 unspecified atom stereocenters. The first kappa shape index (κ1) is 14.1. The molecule has 100 valence electrons. The molecule has 1 aromatic heterocycles. The SMILES string of the molecule is CCNCc1cc(Cl)ccc1Oc1cncc(Cl)c1. The fourth-order valence-corrected chi connectivity index (χ4v) is 1.98. The Bertz CT molecular complexity index is 561. The summed E-state index contributed by atoms with van der Waals surface area (Å²) in [6.07, 6.45) is 3.19. The summed E-state index contributed by atoms with van der Waals surface area (Å²) in [4.78, 5) is 3.99. The number of hydrogen-bond donors (Lipinski definition) is 1. The minimum Gasteiger partial charge on any atom is -0.455 e. The van der Waals surface area contributed by atoms with Gasteiger partial charge in [0, 0.05) is 29.4 Å². The molecule has 0 saturated carbocycles. The molecule has 1 aromatic carbocycles. The molecule has 0 saturated heterocycles. The summed E-state index contributed by atoms with van der Waals surface area (Å²) < 4.78 is 5.80. The summed E-state index contributed by atoms with van der Waals surface area (Å²) in [5, 5.41) is 4.48. The second kappa shape index (κ2) is 6.75. The molecule has 1 heterocycles. The van der Waals surface area contributed by atoms with Crippen LogP contribution in [-0.2, 0) is 6.54 Å². The van der Waals surface area contributed by atoms with E-state index in [1.807, 2.05) is 19.1 Å². The Labute approximate surface area is 122 Å². The number of ether oxygens (including phenoxy) is 1. The van der Waals surface area contributed by atoms with Crippen molar-refractivity contribution in [2.45, 2.75) is 13.5 Å².